The molecule has 0 bridgehead atoms. The van der Waals surface area contributed by atoms with Crippen molar-refractivity contribution in [3.05, 3.63) is 53.1 Å². The zero-order chi connectivity index (χ0) is 21.4. The molecule has 0 radical (unpaired) electrons. The van der Waals surface area contributed by atoms with Crippen LogP contribution in [-0.4, -0.2) is 38.3 Å². The topological polar surface area (TPSA) is 75.7 Å². The Morgan fingerprint density at radius 1 is 1.07 bits per heavy atom. The van der Waals surface area contributed by atoms with Gasteiger partial charge in [0.15, 0.2) is 6.61 Å². The minimum atomic E-state index is -3.54. The summed E-state index contributed by atoms with van der Waals surface area (Å²) in [6, 6.07) is 11.3. The number of hydrogen-bond donors (Lipinski definition) is 1. The third kappa shape index (κ3) is 6.45. The molecule has 1 N–H and O–H groups in total. The average molecular weight is 439 g/mol. The number of amides is 1. The number of anilines is 1. The van der Waals surface area contributed by atoms with Crippen LogP contribution in [0.2, 0.25) is 5.02 Å². The predicted octanol–water partition coefficient (Wildman–Crippen LogP) is 4.48. The maximum Gasteiger partial charge on any atom is 0.262 e. The summed E-state index contributed by atoms with van der Waals surface area (Å²) in [5, 5.41) is 3.33. The Kier molecular flexibility index (Phi) is 8.49. The van der Waals surface area contributed by atoms with Gasteiger partial charge in [0, 0.05) is 23.8 Å². The molecular formula is C21H27ClN2O4S. The van der Waals surface area contributed by atoms with Crippen LogP contribution in [0, 0.1) is 6.92 Å². The van der Waals surface area contributed by atoms with E-state index in [2.05, 4.69) is 5.32 Å². The number of sulfonamides is 1. The van der Waals surface area contributed by atoms with E-state index in [4.69, 9.17) is 16.3 Å². The van der Waals surface area contributed by atoms with E-state index in [-0.39, 0.29) is 17.4 Å². The fourth-order valence-corrected chi connectivity index (χ4v) is 4.50. The first-order valence-corrected chi connectivity index (χ1v) is 11.4. The van der Waals surface area contributed by atoms with E-state index in [1.807, 2.05) is 20.8 Å². The molecule has 0 atom stereocenters. The van der Waals surface area contributed by atoms with E-state index in [1.165, 1.54) is 16.4 Å². The van der Waals surface area contributed by atoms with Crippen molar-refractivity contribution in [3.63, 3.8) is 0 Å². The smallest absolute Gasteiger partial charge is 0.262 e. The number of rotatable bonds is 10. The quantitative estimate of drug-likeness (QED) is 0.593. The average Bonchev–Trinajstić information content (AvgIpc) is 2.69. The number of ether oxygens (including phenoxy) is 1. The monoisotopic (exact) mass is 438 g/mol. The predicted molar refractivity (Wildman–Crippen MR) is 116 cm³/mol. The molecule has 2 aromatic carbocycles. The lowest BCUT2D eigenvalue weighted by molar-refractivity contribution is -0.118. The van der Waals surface area contributed by atoms with Gasteiger partial charge in [0.05, 0.1) is 4.90 Å². The molecule has 6 nitrogen and oxygen atoms in total. The zero-order valence-corrected chi connectivity index (χ0v) is 18.5. The molecule has 29 heavy (non-hydrogen) atoms. The van der Waals surface area contributed by atoms with Gasteiger partial charge in [-0.3, -0.25) is 4.79 Å². The van der Waals surface area contributed by atoms with Crippen LogP contribution in [0.4, 0.5) is 5.69 Å². The second kappa shape index (κ2) is 10.6. The molecule has 0 saturated carbocycles. The van der Waals surface area contributed by atoms with Crippen molar-refractivity contribution in [2.45, 2.75) is 38.5 Å². The number of hydrogen-bond acceptors (Lipinski definition) is 4. The number of halogens is 1. The van der Waals surface area contributed by atoms with Crippen LogP contribution in [0.15, 0.2) is 47.4 Å². The molecule has 2 aromatic rings. The molecule has 0 aliphatic carbocycles. The summed E-state index contributed by atoms with van der Waals surface area (Å²) in [5.41, 5.74) is 1.36. The number of nitrogens with zero attached hydrogens (tertiary/aromatic N) is 1. The van der Waals surface area contributed by atoms with Gasteiger partial charge >= 0.3 is 0 Å². The molecule has 1 amide bonds. The Bertz CT molecular complexity index is 924. The lowest BCUT2D eigenvalue weighted by Crippen LogP contribution is -2.32. The van der Waals surface area contributed by atoms with Crippen LogP contribution in [-0.2, 0) is 14.8 Å². The van der Waals surface area contributed by atoms with Crippen LogP contribution < -0.4 is 10.1 Å². The SMILES string of the molecule is CCCN(CCC)S(=O)(=O)c1ccc(NC(=O)COc2ccc(Cl)c(C)c2)cc1. The molecule has 0 saturated heterocycles. The van der Waals surface area contributed by atoms with Crippen LogP contribution in [0.1, 0.15) is 32.3 Å². The Morgan fingerprint density at radius 2 is 1.69 bits per heavy atom. The minimum Gasteiger partial charge on any atom is -0.484 e. The fourth-order valence-electron chi connectivity index (χ4n) is 2.76. The fraction of sp³-hybridized carbons (Fsp3) is 0.381. The number of nitrogens with one attached hydrogen (secondary N) is 1. The highest BCUT2D eigenvalue weighted by Crippen LogP contribution is 2.21. The summed E-state index contributed by atoms with van der Waals surface area (Å²) < 4.78 is 32.5. The normalized spacial score (nSPS) is 11.5. The second-order valence-electron chi connectivity index (χ2n) is 6.68. The van der Waals surface area contributed by atoms with E-state index in [0.717, 1.165) is 18.4 Å². The van der Waals surface area contributed by atoms with Crippen LogP contribution in [0.5, 0.6) is 5.75 Å². The highest BCUT2D eigenvalue weighted by Gasteiger charge is 2.22. The van der Waals surface area contributed by atoms with Gasteiger partial charge < -0.3 is 10.1 Å². The Labute approximate surface area is 177 Å². The highest BCUT2D eigenvalue weighted by atomic mass is 35.5. The third-order valence-electron chi connectivity index (χ3n) is 4.22. The molecule has 8 heteroatoms. The van der Waals surface area contributed by atoms with E-state index in [0.29, 0.717) is 29.5 Å². The molecule has 0 aliphatic heterocycles. The van der Waals surface area contributed by atoms with Gasteiger partial charge in [0.25, 0.3) is 5.91 Å². The number of benzene rings is 2. The zero-order valence-electron chi connectivity index (χ0n) is 16.9. The summed E-state index contributed by atoms with van der Waals surface area (Å²) in [5.74, 6) is 0.210. The van der Waals surface area contributed by atoms with Crippen molar-refractivity contribution in [2.24, 2.45) is 0 Å². The molecule has 0 aliphatic rings. The molecule has 0 aromatic heterocycles. The van der Waals surface area contributed by atoms with Crippen LogP contribution >= 0.6 is 11.6 Å². The third-order valence-corrected chi connectivity index (χ3v) is 6.56. The van der Waals surface area contributed by atoms with Gasteiger partial charge in [-0.05, 0) is 67.8 Å². The van der Waals surface area contributed by atoms with Gasteiger partial charge in [-0.2, -0.15) is 4.31 Å². The summed E-state index contributed by atoms with van der Waals surface area (Å²) in [6.45, 7) is 6.55. The Balaban J connectivity index is 1.98. The molecule has 0 heterocycles. The van der Waals surface area contributed by atoms with E-state index >= 15 is 0 Å². The Morgan fingerprint density at radius 3 is 2.24 bits per heavy atom. The van der Waals surface area contributed by atoms with Crippen LogP contribution in [0.3, 0.4) is 0 Å². The number of aryl methyl sites for hydroxylation is 1. The van der Waals surface area contributed by atoms with Crippen molar-refractivity contribution < 1.29 is 17.9 Å². The highest BCUT2D eigenvalue weighted by molar-refractivity contribution is 7.89. The molecule has 0 unspecified atom stereocenters. The second-order valence-corrected chi connectivity index (χ2v) is 9.02. The van der Waals surface area contributed by atoms with Crippen molar-refractivity contribution in [1.82, 2.24) is 4.31 Å². The first-order chi connectivity index (χ1) is 13.8. The van der Waals surface area contributed by atoms with Gasteiger partial charge in [0.2, 0.25) is 10.0 Å². The molecule has 2 rings (SSSR count). The number of carbonyl (C=O) groups excluding carboxylic acids is 1. The van der Waals surface area contributed by atoms with E-state index in [1.54, 1.807) is 30.3 Å². The first kappa shape index (κ1) is 23.2. The lowest BCUT2D eigenvalue weighted by Gasteiger charge is -2.21. The van der Waals surface area contributed by atoms with Crippen LogP contribution in [0.25, 0.3) is 0 Å². The summed E-state index contributed by atoms with van der Waals surface area (Å²) >= 11 is 5.97. The van der Waals surface area contributed by atoms with E-state index < -0.39 is 10.0 Å². The summed E-state index contributed by atoms with van der Waals surface area (Å²) in [6.07, 6.45) is 1.50. The minimum absolute atomic E-state index is 0.165. The van der Waals surface area contributed by atoms with Crippen molar-refractivity contribution >= 4 is 33.2 Å². The molecule has 0 spiro atoms. The van der Waals surface area contributed by atoms with Crippen molar-refractivity contribution in [3.8, 4) is 5.75 Å². The lowest BCUT2D eigenvalue weighted by atomic mass is 10.2. The molecule has 0 fully saturated rings. The summed E-state index contributed by atoms with van der Waals surface area (Å²) in [4.78, 5) is 12.3. The molecular weight excluding hydrogens is 412 g/mol. The molecule has 158 valence electrons. The van der Waals surface area contributed by atoms with E-state index in [9.17, 15) is 13.2 Å². The van der Waals surface area contributed by atoms with Gasteiger partial charge in [-0.15, -0.1) is 0 Å². The Hall–Kier alpha value is -2.09. The van der Waals surface area contributed by atoms with Gasteiger partial charge in [-0.25, -0.2) is 8.42 Å². The first-order valence-electron chi connectivity index (χ1n) is 9.57. The van der Waals surface area contributed by atoms with Crippen molar-refractivity contribution in [1.29, 1.82) is 0 Å². The number of carbonyl (C=O) groups is 1. The largest absolute Gasteiger partial charge is 0.484 e. The van der Waals surface area contributed by atoms with Gasteiger partial charge in [0.1, 0.15) is 5.75 Å². The summed E-state index contributed by atoms with van der Waals surface area (Å²) in [7, 11) is -3.54. The maximum absolute atomic E-state index is 12.8. The standard InChI is InChI=1S/C21H27ClN2O4S/c1-4-12-24(13-5-2)29(26,27)19-9-6-17(7-10-19)23-21(25)15-28-18-8-11-20(22)16(3)14-18/h6-11,14H,4-5,12-13,15H2,1-3H3,(H,23,25). The maximum atomic E-state index is 12.8. The van der Waals surface area contributed by atoms with Crippen molar-refractivity contribution in [2.75, 3.05) is 25.0 Å². The van der Waals surface area contributed by atoms with Gasteiger partial charge in [-0.1, -0.05) is 25.4 Å².